The van der Waals surface area contributed by atoms with Crippen LogP contribution in [0.3, 0.4) is 0 Å². The Bertz CT molecular complexity index is 995. The van der Waals surface area contributed by atoms with Gasteiger partial charge >= 0.3 is 0 Å². The summed E-state index contributed by atoms with van der Waals surface area (Å²) in [7, 11) is 0. The van der Waals surface area contributed by atoms with E-state index in [1.165, 1.54) is 18.7 Å². The van der Waals surface area contributed by atoms with Crippen molar-refractivity contribution in [2.75, 3.05) is 5.32 Å². The molecule has 0 fully saturated rings. The van der Waals surface area contributed by atoms with E-state index in [4.69, 9.17) is 4.42 Å². The van der Waals surface area contributed by atoms with E-state index in [1.807, 2.05) is 10.6 Å². The van der Waals surface area contributed by atoms with Gasteiger partial charge in [0.1, 0.15) is 0 Å². The fraction of sp³-hybridized carbons (Fsp3) is 0.333. The van der Waals surface area contributed by atoms with Crippen molar-refractivity contribution in [3.8, 4) is 11.6 Å². The number of carbonyl (C=O) groups excluding carboxylic acids is 2. The average molecular weight is 413 g/mol. The minimum Gasteiger partial charge on any atom is -0.461 e. The predicted molar refractivity (Wildman–Crippen MR) is 113 cm³/mol. The van der Waals surface area contributed by atoms with Gasteiger partial charge in [-0.25, -0.2) is 0 Å². The van der Waals surface area contributed by atoms with Gasteiger partial charge in [-0.2, -0.15) is 0 Å². The molecule has 1 N–H and O–H groups in total. The number of furan rings is 1. The van der Waals surface area contributed by atoms with Crippen molar-refractivity contribution < 1.29 is 14.0 Å². The highest BCUT2D eigenvalue weighted by molar-refractivity contribution is 8.00. The largest absolute Gasteiger partial charge is 0.461 e. The van der Waals surface area contributed by atoms with E-state index in [0.717, 1.165) is 0 Å². The third kappa shape index (κ3) is 4.95. The van der Waals surface area contributed by atoms with Crippen molar-refractivity contribution in [3.63, 3.8) is 0 Å². The standard InChI is InChI=1S/C21H24N4O3S/c1-13(2)12-25-19(18-10-7-11-28-18)23-24-21(25)29-15(4)20(27)22-17-9-6-5-8-16(17)14(3)26/h5-11,13,15H,12H2,1-4H3,(H,22,27). The SMILES string of the molecule is CC(=O)c1ccccc1NC(=O)C(C)Sc1nnc(-c2ccco2)n1CC(C)C. The molecule has 2 aromatic heterocycles. The maximum atomic E-state index is 12.7. The minimum atomic E-state index is -0.436. The highest BCUT2D eigenvalue weighted by atomic mass is 32.2. The van der Waals surface area contributed by atoms with Gasteiger partial charge in [-0.3, -0.25) is 14.2 Å². The number of Topliss-reactive ketones (excluding diaryl/α,β-unsaturated/α-hetero) is 1. The number of hydrogen-bond acceptors (Lipinski definition) is 6. The quantitative estimate of drug-likeness (QED) is 0.432. The van der Waals surface area contributed by atoms with Crippen LogP contribution in [0.1, 0.15) is 38.1 Å². The molecule has 1 aromatic carbocycles. The Balaban J connectivity index is 1.79. The van der Waals surface area contributed by atoms with E-state index < -0.39 is 5.25 Å². The number of benzene rings is 1. The van der Waals surface area contributed by atoms with E-state index in [1.54, 1.807) is 43.5 Å². The Morgan fingerprint density at radius 1 is 1.14 bits per heavy atom. The maximum absolute atomic E-state index is 12.7. The van der Waals surface area contributed by atoms with Crippen molar-refractivity contribution >= 4 is 29.1 Å². The number of hydrogen-bond donors (Lipinski definition) is 1. The van der Waals surface area contributed by atoms with Crippen molar-refractivity contribution in [3.05, 3.63) is 48.2 Å². The first kappa shape index (κ1) is 20.9. The number of carbonyl (C=O) groups is 2. The summed E-state index contributed by atoms with van der Waals surface area (Å²) in [5, 5.41) is 11.6. The van der Waals surface area contributed by atoms with E-state index >= 15 is 0 Å². The maximum Gasteiger partial charge on any atom is 0.237 e. The van der Waals surface area contributed by atoms with E-state index in [0.29, 0.717) is 40.5 Å². The third-order valence-electron chi connectivity index (χ3n) is 4.22. The molecule has 0 saturated heterocycles. The summed E-state index contributed by atoms with van der Waals surface area (Å²) < 4.78 is 7.45. The van der Waals surface area contributed by atoms with Gasteiger partial charge in [0.15, 0.2) is 22.5 Å². The monoisotopic (exact) mass is 412 g/mol. The summed E-state index contributed by atoms with van der Waals surface area (Å²) >= 11 is 1.32. The lowest BCUT2D eigenvalue weighted by molar-refractivity contribution is -0.115. The summed E-state index contributed by atoms with van der Waals surface area (Å²) in [6.07, 6.45) is 1.60. The van der Waals surface area contributed by atoms with Gasteiger partial charge in [-0.05, 0) is 44.0 Å². The van der Waals surface area contributed by atoms with Crippen LogP contribution in [0.2, 0.25) is 0 Å². The van der Waals surface area contributed by atoms with Crippen molar-refractivity contribution in [2.24, 2.45) is 5.92 Å². The van der Waals surface area contributed by atoms with Crippen LogP contribution in [0.5, 0.6) is 0 Å². The molecule has 0 aliphatic carbocycles. The van der Waals surface area contributed by atoms with E-state index in [-0.39, 0.29) is 11.7 Å². The topological polar surface area (TPSA) is 90.0 Å². The number of rotatable bonds is 8. The van der Waals surface area contributed by atoms with Crippen molar-refractivity contribution in [2.45, 2.75) is 44.6 Å². The van der Waals surface area contributed by atoms with Crippen molar-refractivity contribution in [1.82, 2.24) is 14.8 Å². The summed E-state index contributed by atoms with van der Waals surface area (Å²) in [6.45, 7) is 8.20. The molecule has 1 atom stereocenters. The zero-order chi connectivity index (χ0) is 21.0. The molecule has 2 heterocycles. The molecule has 1 amide bonds. The first-order valence-corrected chi connectivity index (χ1v) is 10.3. The van der Waals surface area contributed by atoms with Crippen LogP contribution in [-0.4, -0.2) is 31.7 Å². The van der Waals surface area contributed by atoms with Gasteiger partial charge in [0.25, 0.3) is 0 Å². The van der Waals surface area contributed by atoms with Crippen LogP contribution >= 0.6 is 11.8 Å². The van der Waals surface area contributed by atoms with Gasteiger partial charge in [-0.1, -0.05) is 37.7 Å². The second-order valence-electron chi connectivity index (χ2n) is 7.14. The first-order valence-electron chi connectivity index (χ1n) is 9.41. The number of thioether (sulfide) groups is 1. The van der Waals surface area contributed by atoms with Crippen LogP contribution in [0.25, 0.3) is 11.6 Å². The second kappa shape index (κ2) is 9.09. The minimum absolute atomic E-state index is 0.0963. The van der Waals surface area contributed by atoms with Gasteiger partial charge in [0.2, 0.25) is 5.91 Å². The van der Waals surface area contributed by atoms with Gasteiger partial charge in [0.05, 0.1) is 17.2 Å². The fourth-order valence-corrected chi connectivity index (χ4v) is 3.70. The zero-order valence-electron chi connectivity index (χ0n) is 16.9. The summed E-state index contributed by atoms with van der Waals surface area (Å²) in [6, 6.07) is 10.6. The Morgan fingerprint density at radius 2 is 1.90 bits per heavy atom. The Hall–Kier alpha value is -2.87. The smallest absolute Gasteiger partial charge is 0.237 e. The number of anilines is 1. The summed E-state index contributed by atoms with van der Waals surface area (Å²) in [4.78, 5) is 24.5. The third-order valence-corrected chi connectivity index (χ3v) is 5.30. The highest BCUT2D eigenvalue weighted by Gasteiger charge is 2.23. The molecular formula is C21H24N4O3S. The summed E-state index contributed by atoms with van der Waals surface area (Å²) in [5.41, 5.74) is 0.999. The van der Waals surface area contributed by atoms with Crippen LogP contribution in [-0.2, 0) is 11.3 Å². The van der Waals surface area contributed by atoms with Crippen LogP contribution in [0, 0.1) is 5.92 Å². The number of para-hydroxylation sites is 1. The molecule has 0 radical (unpaired) electrons. The van der Waals surface area contributed by atoms with Gasteiger partial charge < -0.3 is 9.73 Å². The number of ketones is 1. The molecule has 0 aliphatic heterocycles. The van der Waals surface area contributed by atoms with Gasteiger partial charge in [-0.15, -0.1) is 10.2 Å². The molecule has 152 valence electrons. The lowest BCUT2D eigenvalue weighted by Gasteiger charge is -2.15. The molecule has 3 rings (SSSR count). The highest BCUT2D eigenvalue weighted by Crippen LogP contribution is 2.29. The fourth-order valence-electron chi connectivity index (χ4n) is 2.84. The summed E-state index contributed by atoms with van der Waals surface area (Å²) in [5.74, 6) is 1.34. The Morgan fingerprint density at radius 3 is 2.55 bits per heavy atom. The normalized spacial score (nSPS) is 12.2. The number of aromatic nitrogens is 3. The van der Waals surface area contributed by atoms with E-state index in [2.05, 4.69) is 29.4 Å². The average Bonchev–Trinajstić information content (AvgIpc) is 3.32. The van der Waals surface area contributed by atoms with Crippen LogP contribution in [0.4, 0.5) is 5.69 Å². The molecule has 0 spiro atoms. The van der Waals surface area contributed by atoms with Gasteiger partial charge in [0, 0.05) is 12.1 Å². The molecule has 0 aliphatic rings. The molecule has 1 unspecified atom stereocenters. The van der Waals surface area contributed by atoms with Crippen LogP contribution in [0.15, 0.2) is 52.2 Å². The lowest BCUT2D eigenvalue weighted by atomic mass is 10.1. The lowest BCUT2D eigenvalue weighted by Crippen LogP contribution is -2.24. The molecule has 0 bridgehead atoms. The molecule has 7 nitrogen and oxygen atoms in total. The first-order chi connectivity index (χ1) is 13.9. The number of nitrogens with zero attached hydrogens (tertiary/aromatic N) is 3. The molecule has 0 saturated carbocycles. The molecule has 29 heavy (non-hydrogen) atoms. The Labute approximate surface area is 173 Å². The molecular weight excluding hydrogens is 388 g/mol. The predicted octanol–water partition coefficient (Wildman–Crippen LogP) is 4.52. The molecule has 8 heteroatoms. The number of amides is 1. The molecule has 3 aromatic rings. The second-order valence-corrected chi connectivity index (χ2v) is 8.45. The van der Waals surface area contributed by atoms with Crippen LogP contribution < -0.4 is 5.32 Å². The zero-order valence-corrected chi connectivity index (χ0v) is 17.7. The number of nitrogens with one attached hydrogen (secondary N) is 1. The van der Waals surface area contributed by atoms with Crippen molar-refractivity contribution in [1.29, 1.82) is 0 Å². The Kier molecular flexibility index (Phi) is 6.53. The van der Waals surface area contributed by atoms with E-state index in [9.17, 15) is 9.59 Å².